The predicted octanol–water partition coefficient (Wildman–Crippen LogP) is 6.55. The van der Waals surface area contributed by atoms with E-state index in [1.165, 1.54) is 30.2 Å². The zero-order chi connectivity index (χ0) is 27.8. The van der Waals surface area contributed by atoms with Crippen molar-refractivity contribution in [1.82, 2.24) is 24.0 Å². The van der Waals surface area contributed by atoms with Crippen LogP contribution in [0.2, 0.25) is 0 Å². The van der Waals surface area contributed by atoms with E-state index in [2.05, 4.69) is 63.3 Å². The van der Waals surface area contributed by atoms with Crippen LogP contribution in [0.5, 0.6) is 5.75 Å². The fourth-order valence-corrected chi connectivity index (χ4v) is 7.44. The lowest BCUT2D eigenvalue weighted by Crippen LogP contribution is -2.38. The Labute approximate surface area is 239 Å². The van der Waals surface area contributed by atoms with Gasteiger partial charge in [-0.25, -0.2) is 4.98 Å². The Morgan fingerprint density at radius 1 is 1.05 bits per heavy atom. The Kier molecular flexibility index (Phi) is 5.53. The number of carbonyl (C=O) groups excluding carboxylic acids is 1. The summed E-state index contributed by atoms with van der Waals surface area (Å²) >= 11 is 0. The Morgan fingerprint density at radius 3 is 2.63 bits per heavy atom. The third-order valence-corrected chi connectivity index (χ3v) is 9.94. The van der Waals surface area contributed by atoms with Gasteiger partial charge in [0.2, 0.25) is 0 Å². The lowest BCUT2D eigenvalue weighted by Gasteiger charge is -2.27. The summed E-state index contributed by atoms with van der Waals surface area (Å²) in [5, 5.41) is 1.20. The normalized spacial score (nSPS) is 21.8. The number of rotatable bonds is 6. The summed E-state index contributed by atoms with van der Waals surface area (Å²) < 4.78 is 10.4. The number of aryl methyl sites for hydroxylation is 1. The standard InChI is InChI=1S/C34H35N5O2/c1-20-25-10-11-28(20)39(19-25)34(40)26-13-27-32(31(16-26)41-3)37(2)33(36-27)30-15-23-9-8-22(24-5-4-12-35-17-24)14-29(23)38(30)18-21-6-7-21/h4-5,8-9,12-17,20-21,25,28H,6-7,10-11,18-19H2,1-3H3/t20-,25?,28?/m1/s1. The van der Waals surface area contributed by atoms with Gasteiger partial charge in [0.05, 0.1) is 18.3 Å². The monoisotopic (exact) mass is 545 g/mol. The number of benzene rings is 2. The molecule has 4 heterocycles. The van der Waals surface area contributed by atoms with Crippen molar-refractivity contribution >= 4 is 27.8 Å². The molecular formula is C34H35N5O2. The second-order valence-corrected chi connectivity index (χ2v) is 12.4. The summed E-state index contributed by atoms with van der Waals surface area (Å²) in [6.07, 6.45) is 8.60. The number of methoxy groups -OCH3 is 1. The van der Waals surface area contributed by atoms with Crippen molar-refractivity contribution < 1.29 is 9.53 Å². The summed E-state index contributed by atoms with van der Waals surface area (Å²) in [6.45, 7) is 4.13. The molecule has 3 aliphatic rings. The molecule has 2 aliphatic carbocycles. The second kappa shape index (κ2) is 9.20. The zero-order valence-electron chi connectivity index (χ0n) is 23.9. The molecule has 0 spiro atoms. The summed E-state index contributed by atoms with van der Waals surface area (Å²) in [6, 6.07) is 17.2. The van der Waals surface area contributed by atoms with Crippen LogP contribution in [0.4, 0.5) is 0 Å². The lowest BCUT2D eigenvalue weighted by molar-refractivity contribution is 0.0696. The van der Waals surface area contributed by atoms with Crippen molar-refractivity contribution in [3.63, 3.8) is 0 Å². The fraction of sp³-hybridized carbons (Fsp3) is 0.382. The van der Waals surface area contributed by atoms with Crippen LogP contribution in [0, 0.1) is 17.8 Å². The van der Waals surface area contributed by atoms with Gasteiger partial charge in [-0.05, 0) is 79.3 Å². The summed E-state index contributed by atoms with van der Waals surface area (Å²) in [5.41, 5.74) is 6.94. The number of nitrogens with zero attached hydrogens (tertiary/aromatic N) is 5. The molecule has 208 valence electrons. The Morgan fingerprint density at radius 2 is 1.93 bits per heavy atom. The molecule has 1 amide bonds. The molecule has 3 fully saturated rings. The average molecular weight is 546 g/mol. The lowest BCUT2D eigenvalue weighted by atomic mass is 10.0. The third-order valence-electron chi connectivity index (χ3n) is 9.94. The minimum atomic E-state index is 0.0993. The highest BCUT2D eigenvalue weighted by molar-refractivity contribution is 6.00. The maximum absolute atomic E-state index is 13.7. The van der Waals surface area contributed by atoms with Crippen molar-refractivity contribution in [2.45, 2.75) is 45.2 Å². The van der Waals surface area contributed by atoms with Crippen molar-refractivity contribution in [2.24, 2.45) is 24.8 Å². The smallest absolute Gasteiger partial charge is 0.254 e. The van der Waals surface area contributed by atoms with Gasteiger partial charge in [0.1, 0.15) is 11.3 Å². The number of aromatic nitrogens is 4. The second-order valence-electron chi connectivity index (χ2n) is 12.4. The molecule has 8 rings (SSSR count). The van der Waals surface area contributed by atoms with E-state index < -0.39 is 0 Å². The van der Waals surface area contributed by atoms with Crippen LogP contribution >= 0.6 is 0 Å². The summed E-state index contributed by atoms with van der Waals surface area (Å²) in [5.74, 6) is 3.58. The van der Waals surface area contributed by atoms with Crippen molar-refractivity contribution in [1.29, 1.82) is 0 Å². The number of carbonyl (C=O) groups is 1. The van der Waals surface area contributed by atoms with E-state index in [9.17, 15) is 4.79 Å². The number of piperidine rings is 1. The first-order valence-electron chi connectivity index (χ1n) is 14.9. The van der Waals surface area contributed by atoms with Gasteiger partial charge in [-0.3, -0.25) is 9.78 Å². The number of pyridine rings is 1. The van der Waals surface area contributed by atoms with Crippen molar-refractivity contribution in [3.05, 3.63) is 66.5 Å². The van der Waals surface area contributed by atoms with Crippen LogP contribution < -0.4 is 4.74 Å². The molecule has 2 aromatic carbocycles. The van der Waals surface area contributed by atoms with Crippen LogP contribution in [-0.2, 0) is 13.6 Å². The van der Waals surface area contributed by atoms with Crippen LogP contribution in [0.1, 0.15) is 43.0 Å². The minimum Gasteiger partial charge on any atom is -0.494 e. The van der Waals surface area contributed by atoms with Gasteiger partial charge in [0.15, 0.2) is 5.82 Å². The van der Waals surface area contributed by atoms with Gasteiger partial charge in [0, 0.05) is 60.6 Å². The zero-order valence-corrected chi connectivity index (χ0v) is 23.9. The highest BCUT2D eigenvalue weighted by atomic mass is 16.5. The molecule has 2 bridgehead atoms. The van der Waals surface area contributed by atoms with Crippen LogP contribution in [0.3, 0.4) is 0 Å². The molecule has 1 aliphatic heterocycles. The number of amides is 1. The first-order chi connectivity index (χ1) is 20.0. The summed E-state index contributed by atoms with van der Waals surface area (Å²) in [4.78, 5) is 25.3. The van der Waals surface area contributed by atoms with E-state index in [0.717, 1.165) is 53.2 Å². The molecule has 2 saturated carbocycles. The molecule has 2 unspecified atom stereocenters. The maximum atomic E-state index is 13.7. The Bertz CT molecular complexity index is 1820. The molecule has 7 heteroatoms. The topological polar surface area (TPSA) is 65.2 Å². The highest BCUT2D eigenvalue weighted by Gasteiger charge is 2.46. The van der Waals surface area contributed by atoms with Crippen LogP contribution in [-0.4, -0.2) is 49.6 Å². The number of likely N-dealkylation sites (tertiary alicyclic amines) is 1. The maximum Gasteiger partial charge on any atom is 0.254 e. The Balaban J connectivity index is 1.25. The fourth-order valence-electron chi connectivity index (χ4n) is 7.44. The molecule has 1 saturated heterocycles. The number of hydrogen-bond acceptors (Lipinski definition) is 4. The molecular weight excluding hydrogens is 510 g/mol. The number of imidazole rings is 1. The van der Waals surface area contributed by atoms with E-state index >= 15 is 0 Å². The minimum absolute atomic E-state index is 0.0993. The predicted molar refractivity (Wildman–Crippen MR) is 161 cm³/mol. The molecule has 5 aromatic rings. The van der Waals surface area contributed by atoms with E-state index in [1.807, 2.05) is 30.6 Å². The number of hydrogen-bond donors (Lipinski definition) is 0. The molecule has 0 N–H and O–H groups in total. The molecule has 41 heavy (non-hydrogen) atoms. The largest absolute Gasteiger partial charge is 0.494 e. The van der Waals surface area contributed by atoms with Gasteiger partial charge in [-0.1, -0.05) is 25.1 Å². The molecule has 3 aromatic heterocycles. The van der Waals surface area contributed by atoms with Gasteiger partial charge < -0.3 is 18.8 Å². The van der Waals surface area contributed by atoms with E-state index in [4.69, 9.17) is 9.72 Å². The molecule has 0 radical (unpaired) electrons. The van der Waals surface area contributed by atoms with Gasteiger partial charge in [-0.15, -0.1) is 0 Å². The van der Waals surface area contributed by atoms with E-state index in [0.29, 0.717) is 35.1 Å². The first-order valence-corrected chi connectivity index (χ1v) is 14.9. The third kappa shape index (κ3) is 3.89. The highest BCUT2D eigenvalue weighted by Crippen LogP contribution is 2.44. The van der Waals surface area contributed by atoms with Gasteiger partial charge >= 0.3 is 0 Å². The molecule has 3 atom stereocenters. The SMILES string of the molecule is COc1cc(C(=O)N2CC3CCC2[C@@H]3C)cc2nc(-c3cc4ccc(-c5cccnc5)cc4n3CC3CC3)n(C)c12. The van der Waals surface area contributed by atoms with Crippen molar-refractivity contribution in [3.8, 4) is 28.4 Å². The first kappa shape index (κ1) is 24.6. The number of ether oxygens (including phenoxy) is 1. The van der Waals surface area contributed by atoms with Gasteiger partial charge in [0.25, 0.3) is 5.91 Å². The number of fused-ring (bicyclic) bond motifs is 4. The van der Waals surface area contributed by atoms with Crippen LogP contribution in [0.25, 0.3) is 44.6 Å². The van der Waals surface area contributed by atoms with Crippen LogP contribution in [0.15, 0.2) is 60.9 Å². The quantitative estimate of drug-likeness (QED) is 0.243. The van der Waals surface area contributed by atoms with Gasteiger partial charge in [-0.2, -0.15) is 0 Å². The van der Waals surface area contributed by atoms with E-state index in [-0.39, 0.29) is 5.91 Å². The van der Waals surface area contributed by atoms with E-state index in [1.54, 1.807) is 7.11 Å². The Hall–Kier alpha value is -4.13. The molecule has 7 nitrogen and oxygen atoms in total. The average Bonchev–Trinajstić information content (AvgIpc) is 3.41. The summed E-state index contributed by atoms with van der Waals surface area (Å²) in [7, 11) is 3.73. The van der Waals surface area contributed by atoms with Crippen molar-refractivity contribution in [2.75, 3.05) is 13.7 Å².